The second kappa shape index (κ2) is 9.86. The molecule has 1 saturated carbocycles. The van der Waals surface area contributed by atoms with Crippen molar-refractivity contribution >= 4 is 34.4 Å². The number of carbonyl (C=O) groups is 1. The third-order valence-electron chi connectivity index (χ3n) is 7.68. The Balaban J connectivity index is 1.08. The van der Waals surface area contributed by atoms with Crippen LogP contribution in [0.2, 0.25) is 5.02 Å². The third-order valence-corrected chi connectivity index (χ3v) is 7.97. The normalized spacial score (nSPS) is 16.3. The predicted molar refractivity (Wildman–Crippen MR) is 147 cm³/mol. The maximum Gasteiger partial charge on any atom is 0.273 e. The molecule has 1 saturated heterocycles. The smallest absolute Gasteiger partial charge is 0.273 e. The first-order chi connectivity index (χ1) is 19.4. The average Bonchev–Trinajstić information content (AvgIpc) is 3.35. The van der Waals surface area contributed by atoms with E-state index in [4.69, 9.17) is 16.6 Å². The molecule has 0 atom stereocenters. The number of fused-ring (bicyclic) bond motifs is 2. The number of halogens is 2. The summed E-state index contributed by atoms with van der Waals surface area (Å²) in [6.07, 6.45) is 11.4. The molecule has 13 heteroatoms. The van der Waals surface area contributed by atoms with Gasteiger partial charge in [0.1, 0.15) is 5.52 Å². The molecule has 2 aliphatic rings. The molecule has 206 valence electrons. The van der Waals surface area contributed by atoms with E-state index in [2.05, 4.69) is 54.1 Å². The lowest BCUT2D eigenvalue weighted by Crippen LogP contribution is -2.44. The quantitative estimate of drug-likeness (QED) is 0.325. The van der Waals surface area contributed by atoms with Gasteiger partial charge in [0.25, 0.3) is 5.91 Å². The Bertz CT molecular complexity index is 1730. The third kappa shape index (κ3) is 4.66. The Morgan fingerprint density at radius 3 is 2.77 bits per heavy atom. The van der Waals surface area contributed by atoms with Gasteiger partial charge in [-0.2, -0.15) is 0 Å². The van der Waals surface area contributed by atoms with Crippen molar-refractivity contribution in [1.29, 1.82) is 0 Å². The number of anilines is 1. The molecule has 6 heterocycles. The first kappa shape index (κ1) is 25.0. The minimum absolute atomic E-state index is 0.00474. The zero-order valence-electron chi connectivity index (χ0n) is 22.0. The van der Waals surface area contributed by atoms with Crippen molar-refractivity contribution in [2.45, 2.75) is 31.8 Å². The van der Waals surface area contributed by atoms with E-state index in [9.17, 15) is 9.18 Å². The summed E-state index contributed by atoms with van der Waals surface area (Å²) in [5.74, 6) is -0.382. The lowest BCUT2D eigenvalue weighted by Gasteiger charge is -2.34. The number of imidazole rings is 2. The molecule has 40 heavy (non-hydrogen) atoms. The van der Waals surface area contributed by atoms with Crippen LogP contribution in [0, 0.1) is 5.82 Å². The largest absolute Gasteiger partial charge is 0.366 e. The molecule has 5 aromatic heterocycles. The van der Waals surface area contributed by atoms with Crippen LogP contribution in [0.15, 0.2) is 43.2 Å². The minimum atomic E-state index is -0.579. The molecule has 2 fully saturated rings. The maximum absolute atomic E-state index is 14.5. The summed E-state index contributed by atoms with van der Waals surface area (Å²) >= 11 is 5.91. The first-order valence-corrected chi connectivity index (χ1v) is 13.7. The number of aromatic nitrogens is 7. The Morgan fingerprint density at radius 1 is 1.15 bits per heavy atom. The van der Waals surface area contributed by atoms with Crippen LogP contribution in [0.5, 0.6) is 0 Å². The van der Waals surface area contributed by atoms with Gasteiger partial charge < -0.3 is 23.9 Å². The molecule has 0 unspecified atom stereocenters. The highest BCUT2D eigenvalue weighted by Crippen LogP contribution is 2.42. The summed E-state index contributed by atoms with van der Waals surface area (Å²) < 4.78 is 19.7. The fourth-order valence-electron chi connectivity index (χ4n) is 5.26. The van der Waals surface area contributed by atoms with Crippen LogP contribution < -0.4 is 10.2 Å². The number of piperazine rings is 1. The summed E-state index contributed by atoms with van der Waals surface area (Å²) in [5.41, 5.74) is 5.04. The molecule has 1 N–H and O–H groups in total. The van der Waals surface area contributed by atoms with E-state index in [0.29, 0.717) is 18.2 Å². The van der Waals surface area contributed by atoms with Gasteiger partial charge in [-0.15, -0.1) is 5.10 Å². The van der Waals surface area contributed by atoms with Gasteiger partial charge in [0.15, 0.2) is 17.2 Å². The number of hydrogen-bond acceptors (Lipinski definition) is 7. The number of amides is 1. The van der Waals surface area contributed by atoms with Crippen LogP contribution >= 0.6 is 11.6 Å². The zero-order valence-corrected chi connectivity index (χ0v) is 22.7. The van der Waals surface area contributed by atoms with Gasteiger partial charge in [-0.1, -0.05) is 16.8 Å². The molecular weight excluding hydrogens is 535 g/mol. The highest BCUT2D eigenvalue weighted by atomic mass is 35.5. The number of pyridine rings is 2. The topological polar surface area (TPSA) is 101 Å². The second-order valence-corrected chi connectivity index (χ2v) is 11.0. The average molecular weight is 563 g/mol. The zero-order chi connectivity index (χ0) is 27.4. The van der Waals surface area contributed by atoms with Gasteiger partial charge in [-0.25, -0.2) is 19.0 Å². The first-order valence-electron chi connectivity index (χ1n) is 13.4. The number of hydrogen-bond donors (Lipinski definition) is 1. The van der Waals surface area contributed by atoms with Crippen LogP contribution in [-0.4, -0.2) is 77.8 Å². The van der Waals surface area contributed by atoms with E-state index < -0.39 is 11.7 Å². The lowest BCUT2D eigenvalue weighted by atomic mass is 10.1. The molecule has 1 aliphatic heterocycles. The second-order valence-electron chi connectivity index (χ2n) is 10.6. The van der Waals surface area contributed by atoms with Gasteiger partial charge in [-0.05, 0) is 43.5 Å². The number of likely N-dealkylation sites (N-methyl/N-ethyl adjacent to an activating group) is 1. The van der Waals surface area contributed by atoms with Crippen molar-refractivity contribution in [3.05, 3.63) is 76.7 Å². The fourth-order valence-corrected chi connectivity index (χ4v) is 5.41. The molecule has 1 aliphatic carbocycles. The summed E-state index contributed by atoms with van der Waals surface area (Å²) in [5, 5.41) is 10.9. The number of nitrogens with zero attached hydrogens (tertiary/aromatic N) is 9. The van der Waals surface area contributed by atoms with Crippen LogP contribution in [0.4, 0.5) is 10.1 Å². The van der Waals surface area contributed by atoms with E-state index in [1.807, 2.05) is 6.20 Å². The molecule has 0 aromatic carbocycles. The van der Waals surface area contributed by atoms with Crippen molar-refractivity contribution in [2.75, 3.05) is 38.1 Å². The van der Waals surface area contributed by atoms with Gasteiger partial charge in [0.2, 0.25) is 0 Å². The van der Waals surface area contributed by atoms with Gasteiger partial charge in [-0.3, -0.25) is 4.79 Å². The molecule has 0 radical (unpaired) electrons. The SMILES string of the molecule is CN1CCN(c2cc(C3CC3)cn3cc(Cn4cc(C(=O)NCc5ncn6ccc(Cl)c(F)c56)nn4)nc23)CC1. The van der Waals surface area contributed by atoms with Crippen molar-refractivity contribution < 1.29 is 9.18 Å². The van der Waals surface area contributed by atoms with Gasteiger partial charge in [0, 0.05) is 44.8 Å². The minimum Gasteiger partial charge on any atom is -0.366 e. The number of carbonyl (C=O) groups excluding carboxylic acids is 1. The number of nitrogens with one attached hydrogen (secondary N) is 1. The van der Waals surface area contributed by atoms with Crippen molar-refractivity contribution in [3.8, 4) is 0 Å². The summed E-state index contributed by atoms with van der Waals surface area (Å²) in [4.78, 5) is 26.7. The van der Waals surface area contributed by atoms with E-state index in [-0.39, 0.29) is 22.8 Å². The molecule has 1 amide bonds. The van der Waals surface area contributed by atoms with Crippen LogP contribution in [-0.2, 0) is 13.1 Å². The van der Waals surface area contributed by atoms with Gasteiger partial charge >= 0.3 is 0 Å². The fraction of sp³-hybridized carbons (Fsp3) is 0.370. The maximum atomic E-state index is 14.5. The Labute approximate surface area is 234 Å². The summed E-state index contributed by atoms with van der Waals surface area (Å²) in [6, 6.07) is 3.77. The molecule has 11 nitrogen and oxygen atoms in total. The van der Waals surface area contributed by atoms with Crippen molar-refractivity contribution in [3.63, 3.8) is 0 Å². The molecule has 5 aromatic rings. The van der Waals surface area contributed by atoms with E-state index in [1.165, 1.54) is 40.9 Å². The lowest BCUT2D eigenvalue weighted by molar-refractivity contribution is 0.0945. The molecule has 0 bridgehead atoms. The predicted octanol–water partition coefficient (Wildman–Crippen LogP) is 2.97. The Hall–Kier alpha value is -4.03. The van der Waals surface area contributed by atoms with Crippen molar-refractivity contribution in [2.24, 2.45) is 0 Å². The monoisotopic (exact) mass is 562 g/mol. The summed E-state index contributed by atoms with van der Waals surface area (Å²) in [7, 11) is 2.16. The van der Waals surface area contributed by atoms with Gasteiger partial charge in [0.05, 0.1) is 47.7 Å². The Morgan fingerprint density at radius 2 is 1.98 bits per heavy atom. The van der Waals surface area contributed by atoms with Crippen LogP contribution in [0.1, 0.15) is 46.2 Å². The highest BCUT2D eigenvalue weighted by molar-refractivity contribution is 6.31. The van der Waals surface area contributed by atoms with Crippen molar-refractivity contribution in [1.82, 2.24) is 44.0 Å². The Kier molecular flexibility index (Phi) is 6.16. The van der Waals surface area contributed by atoms with Crippen LogP contribution in [0.25, 0.3) is 11.2 Å². The van der Waals surface area contributed by atoms with Crippen LogP contribution in [0.3, 0.4) is 0 Å². The molecule has 7 rings (SSSR count). The van der Waals surface area contributed by atoms with E-state index in [1.54, 1.807) is 17.1 Å². The highest BCUT2D eigenvalue weighted by Gasteiger charge is 2.27. The molecular formula is C27H28ClFN10O. The van der Waals surface area contributed by atoms with E-state index >= 15 is 0 Å². The molecule has 0 spiro atoms. The van der Waals surface area contributed by atoms with E-state index in [0.717, 1.165) is 37.5 Å². The summed E-state index contributed by atoms with van der Waals surface area (Å²) in [6.45, 7) is 4.38. The standard InChI is InChI=1S/C27H28ClFN10O/c1-35-6-8-36(9-7-35)23-10-18(17-2-3-17)12-38-13-19(32-26(23)38)14-39-15-22(33-34-39)27(40)30-11-21-25-24(29)20(28)4-5-37(25)16-31-21/h4-5,10,12-13,15-17H,2-3,6-9,11,14H2,1H3,(H,30,40). The number of rotatable bonds is 7.